The maximum Gasteiger partial charge on any atom is 0.339 e. The molecule has 0 unspecified atom stereocenters. The fourth-order valence-electron chi connectivity index (χ4n) is 1.71. The SMILES string of the molecule is COC(=O)c1cc(-c2ccc(N)nc2)c(=O)n(C)c1. The zero-order valence-corrected chi connectivity index (χ0v) is 10.6. The van der Waals surface area contributed by atoms with Crippen molar-refractivity contribution in [3.63, 3.8) is 0 Å². The number of pyridine rings is 2. The number of rotatable bonds is 2. The summed E-state index contributed by atoms with van der Waals surface area (Å²) in [7, 11) is 2.86. The molecule has 2 aromatic rings. The zero-order valence-electron chi connectivity index (χ0n) is 10.6. The van der Waals surface area contributed by atoms with Crippen LogP contribution in [0.15, 0.2) is 35.4 Å². The van der Waals surface area contributed by atoms with Crippen LogP contribution in [0.1, 0.15) is 10.4 Å². The smallest absolute Gasteiger partial charge is 0.339 e. The van der Waals surface area contributed by atoms with Crippen molar-refractivity contribution in [2.24, 2.45) is 7.05 Å². The maximum absolute atomic E-state index is 12.1. The molecule has 0 aliphatic rings. The molecule has 0 aromatic carbocycles. The maximum atomic E-state index is 12.1. The summed E-state index contributed by atoms with van der Waals surface area (Å²) in [6.07, 6.45) is 2.93. The van der Waals surface area contributed by atoms with Gasteiger partial charge in [-0.05, 0) is 18.2 Å². The van der Waals surface area contributed by atoms with Crippen LogP contribution in [0.4, 0.5) is 5.82 Å². The number of methoxy groups -OCH3 is 1. The number of nitrogen functional groups attached to an aromatic ring is 1. The normalized spacial score (nSPS) is 10.2. The van der Waals surface area contributed by atoms with Gasteiger partial charge in [-0.1, -0.05) is 0 Å². The first-order chi connectivity index (χ1) is 9.02. The van der Waals surface area contributed by atoms with Crippen molar-refractivity contribution in [2.75, 3.05) is 12.8 Å². The van der Waals surface area contributed by atoms with Gasteiger partial charge in [0.15, 0.2) is 0 Å². The summed E-state index contributed by atoms with van der Waals surface area (Å²) in [5, 5.41) is 0. The van der Waals surface area contributed by atoms with Gasteiger partial charge in [-0.25, -0.2) is 9.78 Å². The first kappa shape index (κ1) is 12.8. The van der Waals surface area contributed by atoms with E-state index >= 15 is 0 Å². The lowest BCUT2D eigenvalue weighted by atomic mass is 10.1. The third-order valence-corrected chi connectivity index (χ3v) is 2.70. The first-order valence-electron chi connectivity index (χ1n) is 5.54. The Balaban J connectivity index is 2.62. The molecular formula is C13H13N3O3. The van der Waals surface area contributed by atoms with Crippen LogP contribution in [0.2, 0.25) is 0 Å². The summed E-state index contributed by atoms with van der Waals surface area (Å²) in [6.45, 7) is 0. The number of anilines is 1. The van der Waals surface area contributed by atoms with E-state index < -0.39 is 5.97 Å². The molecule has 2 aromatic heterocycles. The molecule has 6 heteroatoms. The number of nitrogens with zero attached hydrogens (tertiary/aromatic N) is 2. The van der Waals surface area contributed by atoms with Crippen LogP contribution in [0, 0.1) is 0 Å². The Hall–Kier alpha value is -2.63. The van der Waals surface area contributed by atoms with Crippen LogP contribution in [-0.2, 0) is 11.8 Å². The predicted molar refractivity (Wildman–Crippen MR) is 70.7 cm³/mol. The van der Waals surface area contributed by atoms with Crippen molar-refractivity contribution in [2.45, 2.75) is 0 Å². The molecule has 2 rings (SSSR count). The summed E-state index contributed by atoms with van der Waals surface area (Å²) in [4.78, 5) is 27.5. The van der Waals surface area contributed by atoms with Crippen molar-refractivity contribution >= 4 is 11.8 Å². The van der Waals surface area contributed by atoms with Crippen LogP contribution >= 0.6 is 0 Å². The van der Waals surface area contributed by atoms with Crippen molar-refractivity contribution in [3.05, 3.63) is 46.5 Å². The highest BCUT2D eigenvalue weighted by atomic mass is 16.5. The quantitative estimate of drug-likeness (QED) is 0.806. The Kier molecular flexibility index (Phi) is 3.33. The highest BCUT2D eigenvalue weighted by molar-refractivity contribution is 5.90. The fraction of sp³-hybridized carbons (Fsp3) is 0.154. The predicted octanol–water partition coefficient (Wildman–Crippen LogP) is 0.816. The van der Waals surface area contributed by atoms with E-state index in [2.05, 4.69) is 9.72 Å². The standard InChI is InChI=1S/C13H13N3O3/c1-16-7-9(13(18)19-2)5-10(12(16)17)8-3-4-11(14)15-6-8/h3-7H,1-2H3,(H2,14,15). The lowest BCUT2D eigenvalue weighted by Gasteiger charge is -2.07. The Labute approximate surface area is 109 Å². The topological polar surface area (TPSA) is 87.2 Å². The van der Waals surface area contributed by atoms with Gasteiger partial charge in [-0.2, -0.15) is 0 Å². The summed E-state index contributed by atoms with van der Waals surface area (Å²) < 4.78 is 5.98. The van der Waals surface area contributed by atoms with Crippen LogP contribution in [0.3, 0.4) is 0 Å². The third kappa shape index (κ3) is 2.47. The number of aromatic nitrogens is 2. The minimum absolute atomic E-state index is 0.223. The van der Waals surface area contributed by atoms with E-state index in [0.29, 0.717) is 22.5 Å². The Morgan fingerprint density at radius 3 is 2.74 bits per heavy atom. The first-order valence-corrected chi connectivity index (χ1v) is 5.54. The van der Waals surface area contributed by atoms with Gasteiger partial charge in [0, 0.05) is 30.6 Å². The molecule has 0 atom stereocenters. The fourth-order valence-corrected chi connectivity index (χ4v) is 1.71. The Morgan fingerprint density at radius 2 is 2.16 bits per heavy atom. The van der Waals surface area contributed by atoms with Crippen molar-refractivity contribution in [3.8, 4) is 11.1 Å². The largest absolute Gasteiger partial charge is 0.465 e. The van der Waals surface area contributed by atoms with Crippen LogP contribution in [0.25, 0.3) is 11.1 Å². The van der Waals surface area contributed by atoms with Gasteiger partial charge in [0.05, 0.1) is 12.7 Å². The lowest BCUT2D eigenvalue weighted by molar-refractivity contribution is 0.0600. The minimum Gasteiger partial charge on any atom is -0.465 e. The molecule has 0 saturated carbocycles. The number of carbonyl (C=O) groups excluding carboxylic acids is 1. The molecule has 0 saturated heterocycles. The van der Waals surface area contributed by atoms with E-state index in [-0.39, 0.29) is 5.56 Å². The Morgan fingerprint density at radius 1 is 1.42 bits per heavy atom. The van der Waals surface area contributed by atoms with Crippen molar-refractivity contribution < 1.29 is 9.53 Å². The number of aryl methyl sites for hydroxylation is 1. The zero-order chi connectivity index (χ0) is 14.0. The van der Waals surface area contributed by atoms with Crippen molar-refractivity contribution in [1.82, 2.24) is 9.55 Å². The molecular weight excluding hydrogens is 246 g/mol. The molecule has 0 bridgehead atoms. The second-order valence-electron chi connectivity index (χ2n) is 4.02. The minimum atomic E-state index is -0.500. The molecule has 2 heterocycles. The molecule has 0 aliphatic heterocycles. The van der Waals surface area contributed by atoms with Gasteiger partial charge in [0.25, 0.3) is 5.56 Å². The molecule has 0 aliphatic carbocycles. The second-order valence-corrected chi connectivity index (χ2v) is 4.02. The lowest BCUT2D eigenvalue weighted by Crippen LogP contribution is -2.20. The molecule has 2 N–H and O–H groups in total. The van der Waals surface area contributed by atoms with Crippen LogP contribution < -0.4 is 11.3 Å². The molecule has 6 nitrogen and oxygen atoms in total. The van der Waals surface area contributed by atoms with E-state index in [4.69, 9.17) is 5.73 Å². The van der Waals surface area contributed by atoms with Gasteiger partial charge in [0.1, 0.15) is 5.82 Å². The van der Waals surface area contributed by atoms with E-state index in [1.807, 2.05) is 0 Å². The summed E-state index contributed by atoms with van der Waals surface area (Å²) >= 11 is 0. The summed E-state index contributed by atoms with van der Waals surface area (Å²) in [5.41, 5.74) is 6.55. The van der Waals surface area contributed by atoms with Gasteiger partial charge >= 0.3 is 5.97 Å². The average molecular weight is 259 g/mol. The highest BCUT2D eigenvalue weighted by Gasteiger charge is 2.12. The molecule has 0 spiro atoms. The van der Waals surface area contributed by atoms with Crippen molar-refractivity contribution in [1.29, 1.82) is 0 Å². The molecule has 0 fully saturated rings. The summed E-state index contributed by atoms with van der Waals surface area (Å²) in [5.74, 6) is -0.134. The van der Waals surface area contributed by atoms with E-state index in [0.717, 1.165) is 0 Å². The van der Waals surface area contributed by atoms with Gasteiger partial charge < -0.3 is 15.0 Å². The van der Waals surface area contributed by atoms with E-state index in [9.17, 15) is 9.59 Å². The highest BCUT2D eigenvalue weighted by Crippen LogP contribution is 2.16. The number of hydrogen-bond donors (Lipinski definition) is 1. The second kappa shape index (κ2) is 4.93. The Bertz CT molecular complexity index is 675. The van der Waals surface area contributed by atoms with Crippen LogP contribution in [-0.4, -0.2) is 22.6 Å². The number of ether oxygens (including phenoxy) is 1. The number of carbonyl (C=O) groups is 1. The molecule has 0 amide bonds. The van der Waals surface area contributed by atoms with Gasteiger partial charge in [0.2, 0.25) is 0 Å². The monoisotopic (exact) mass is 259 g/mol. The number of esters is 1. The van der Waals surface area contributed by atoms with Crippen LogP contribution in [0.5, 0.6) is 0 Å². The average Bonchev–Trinajstić information content (AvgIpc) is 2.42. The summed E-state index contributed by atoms with van der Waals surface area (Å²) in [6, 6.07) is 4.76. The third-order valence-electron chi connectivity index (χ3n) is 2.70. The molecule has 98 valence electrons. The number of hydrogen-bond acceptors (Lipinski definition) is 5. The molecule has 0 radical (unpaired) electrons. The van der Waals surface area contributed by atoms with Gasteiger partial charge in [-0.15, -0.1) is 0 Å². The van der Waals surface area contributed by atoms with E-state index in [1.54, 1.807) is 19.2 Å². The number of nitrogens with two attached hydrogens (primary N) is 1. The van der Waals surface area contributed by atoms with Gasteiger partial charge in [-0.3, -0.25) is 4.79 Å². The molecule has 19 heavy (non-hydrogen) atoms. The van der Waals surface area contributed by atoms with E-state index in [1.165, 1.54) is 30.1 Å².